The average molecular weight is 368 g/mol. The van der Waals surface area contributed by atoms with E-state index in [-0.39, 0.29) is 27.8 Å². The van der Waals surface area contributed by atoms with E-state index in [1.165, 1.54) is 12.1 Å². The lowest BCUT2D eigenvalue weighted by Crippen LogP contribution is -2.14. The summed E-state index contributed by atoms with van der Waals surface area (Å²) in [5.74, 6) is -0.482. The minimum Gasteiger partial charge on any atom is -0.383 e. The molecule has 1 amide bonds. The Morgan fingerprint density at radius 2 is 1.73 bits per heavy atom. The van der Waals surface area contributed by atoms with Crippen molar-refractivity contribution in [2.75, 3.05) is 5.32 Å². The van der Waals surface area contributed by atoms with Crippen LogP contribution in [0.15, 0.2) is 64.1 Å². The maximum Gasteiger partial charge on any atom is 0.294 e. The highest BCUT2D eigenvalue weighted by Gasteiger charge is 2.25. The van der Waals surface area contributed by atoms with Crippen LogP contribution in [-0.4, -0.2) is 24.7 Å². The highest BCUT2D eigenvalue weighted by atomic mass is 32.2. The molecule has 1 aliphatic rings. The molecular weight excluding hydrogens is 356 g/mol. The van der Waals surface area contributed by atoms with Gasteiger partial charge in [0.05, 0.1) is 17.2 Å². The molecule has 8 nitrogen and oxygen atoms in total. The van der Waals surface area contributed by atoms with Crippen molar-refractivity contribution in [1.29, 1.82) is 0 Å². The Morgan fingerprint density at radius 1 is 1.12 bits per heavy atom. The number of nitrogens with zero attached hydrogens (tertiary/aromatic N) is 2. The first-order valence-corrected chi connectivity index (χ1v) is 8.70. The molecule has 26 heavy (non-hydrogen) atoms. The van der Waals surface area contributed by atoms with Crippen molar-refractivity contribution in [3.05, 3.63) is 76.8 Å². The third-order valence-corrected chi connectivity index (χ3v) is 4.52. The number of fused-ring (bicyclic) bond motifs is 1. The molecule has 2 aromatic carbocycles. The van der Waals surface area contributed by atoms with Crippen molar-refractivity contribution in [3.63, 3.8) is 0 Å². The van der Waals surface area contributed by atoms with Crippen LogP contribution in [0.1, 0.15) is 11.1 Å². The van der Waals surface area contributed by atoms with Crippen LogP contribution < -0.4 is 11.1 Å². The monoisotopic (exact) mass is 368 g/mol. The second-order valence-corrected chi connectivity index (χ2v) is 6.73. The van der Waals surface area contributed by atoms with Crippen molar-refractivity contribution in [2.45, 2.75) is 4.90 Å². The fourth-order valence-electron chi connectivity index (χ4n) is 2.45. The molecule has 0 spiro atoms. The molecule has 1 heterocycles. The van der Waals surface area contributed by atoms with Crippen LogP contribution in [0.25, 0.3) is 10.5 Å². The standard InChI is InChI=1S/C17H12N4O4S/c1-19-15(14-12-4-2-3-5-13(12)16(18)21-14)17(22)20-10-6-8-11(9-7-10)26(23,24)25/h2-9H,(H2,18,21)(H,20,22)(H,23,24,25)/b15-14+. The van der Waals surface area contributed by atoms with E-state index < -0.39 is 16.0 Å². The molecular formula is C17H12N4O4S. The van der Waals surface area contributed by atoms with Gasteiger partial charge >= 0.3 is 0 Å². The molecule has 0 unspecified atom stereocenters. The van der Waals surface area contributed by atoms with Crippen molar-refractivity contribution >= 4 is 33.2 Å². The molecule has 0 saturated carbocycles. The Morgan fingerprint density at radius 3 is 2.31 bits per heavy atom. The largest absolute Gasteiger partial charge is 0.383 e. The number of carbonyl (C=O) groups excluding carboxylic acids is 1. The zero-order valence-corrected chi connectivity index (χ0v) is 14.0. The van der Waals surface area contributed by atoms with E-state index in [1.54, 1.807) is 24.3 Å². The van der Waals surface area contributed by atoms with E-state index in [0.29, 0.717) is 11.1 Å². The molecule has 0 fully saturated rings. The summed E-state index contributed by atoms with van der Waals surface area (Å²) in [5, 5.41) is 2.50. The van der Waals surface area contributed by atoms with Crippen LogP contribution in [0.4, 0.5) is 5.69 Å². The number of amides is 1. The predicted molar refractivity (Wildman–Crippen MR) is 95.6 cm³/mol. The van der Waals surface area contributed by atoms with Gasteiger partial charge in [-0.25, -0.2) is 9.84 Å². The Labute approximate surface area is 149 Å². The summed E-state index contributed by atoms with van der Waals surface area (Å²) in [6.45, 7) is 7.33. The van der Waals surface area contributed by atoms with Crippen LogP contribution in [0.3, 0.4) is 0 Å². The summed E-state index contributed by atoms with van der Waals surface area (Å²) in [4.78, 5) is 19.6. The topological polar surface area (TPSA) is 126 Å². The minimum atomic E-state index is -4.32. The van der Waals surface area contributed by atoms with E-state index >= 15 is 0 Å². The second kappa shape index (κ2) is 6.44. The Kier molecular flexibility index (Phi) is 4.29. The number of amidine groups is 1. The van der Waals surface area contributed by atoms with Gasteiger partial charge in [-0.3, -0.25) is 9.35 Å². The van der Waals surface area contributed by atoms with Gasteiger partial charge in [0.15, 0.2) is 0 Å². The summed E-state index contributed by atoms with van der Waals surface area (Å²) in [7, 11) is -4.32. The van der Waals surface area contributed by atoms with Gasteiger partial charge < -0.3 is 11.1 Å². The lowest BCUT2D eigenvalue weighted by atomic mass is 10.1. The third-order valence-electron chi connectivity index (χ3n) is 3.65. The lowest BCUT2D eigenvalue weighted by molar-refractivity contribution is -0.112. The average Bonchev–Trinajstić information content (AvgIpc) is 2.92. The van der Waals surface area contributed by atoms with Gasteiger partial charge in [0.2, 0.25) is 0 Å². The number of rotatable bonds is 3. The van der Waals surface area contributed by atoms with Gasteiger partial charge in [-0.05, 0) is 24.3 Å². The van der Waals surface area contributed by atoms with Gasteiger partial charge in [0.25, 0.3) is 21.7 Å². The molecule has 130 valence electrons. The fraction of sp³-hybridized carbons (Fsp3) is 0. The number of aliphatic imine (C=N–C) groups is 1. The number of hydrogen-bond donors (Lipinski definition) is 3. The summed E-state index contributed by atoms with van der Waals surface area (Å²) < 4.78 is 31.0. The van der Waals surface area contributed by atoms with Crippen molar-refractivity contribution in [3.8, 4) is 0 Å². The van der Waals surface area contributed by atoms with E-state index in [2.05, 4.69) is 15.2 Å². The van der Waals surface area contributed by atoms with E-state index in [9.17, 15) is 13.2 Å². The first-order valence-electron chi connectivity index (χ1n) is 7.26. The van der Waals surface area contributed by atoms with Crippen LogP contribution in [-0.2, 0) is 14.9 Å². The molecule has 0 radical (unpaired) electrons. The van der Waals surface area contributed by atoms with E-state index in [4.69, 9.17) is 16.9 Å². The number of hydrogen-bond acceptors (Lipinski definition) is 5. The summed E-state index contributed by atoms with van der Waals surface area (Å²) in [6.07, 6.45) is 0. The Hall–Kier alpha value is -3.48. The molecule has 2 aromatic rings. The zero-order valence-electron chi connectivity index (χ0n) is 13.2. The van der Waals surface area contributed by atoms with E-state index in [0.717, 1.165) is 12.1 Å². The van der Waals surface area contributed by atoms with Gasteiger partial charge in [0.1, 0.15) is 5.84 Å². The minimum absolute atomic E-state index is 0.181. The van der Waals surface area contributed by atoms with Crippen molar-refractivity contribution < 1.29 is 17.8 Å². The quantitative estimate of drug-likeness (QED) is 0.433. The third kappa shape index (κ3) is 3.19. The molecule has 1 aliphatic heterocycles. The highest BCUT2D eigenvalue weighted by molar-refractivity contribution is 7.85. The van der Waals surface area contributed by atoms with Gasteiger partial charge in [-0.15, -0.1) is 0 Å². The van der Waals surface area contributed by atoms with Crippen LogP contribution >= 0.6 is 0 Å². The van der Waals surface area contributed by atoms with Crippen LogP contribution in [0.2, 0.25) is 0 Å². The smallest absolute Gasteiger partial charge is 0.294 e. The first-order chi connectivity index (χ1) is 12.3. The Bertz CT molecular complexity index is 1110. The van der Waals surface area contributed by atoms with Crippen molar-refractivity contribution in [1.82, 2.24) is 0 Å². The second-order valence-electron chi connectivity index (χ2n) is 5.31. The highest BCUT2D eigenvalue weighted by Crippen LogP contribution is 2.31. The fourth-order valence-corrected chi connectivity index (χ4v) is 2.93. The summed E-state index contributed by atoms with van der Waals surface area (Å²) >= 11 is 0. The normalized spacial score (nSPS) is 14.8. The number of anilines is 1. The number of nitrogens with two attached hydrogens (primary N) is 1. The van der Waals surface area contributed by atoms with Gasteiger partial charge in [0, 0.05) is 16.8 Å². The van der Waals surface area contributed by atoms with Crippen LogP contribution in [0, 0.1) is 6.57 Å². The molecule has 3 rings (SSSR count). The van der Waals surface area contributed by atoms with Crippen LogP contribution in [0.5, 0.6) is 0 Å². The number of benzene rings is 2. The predicted octanol–water partition coefficient (Wildman–Crippen LogP) is 1.88. The van der Waals surface area contributed by atoms with Crippen molar-refractivity contribution in [2.24, 2.45) is 10.7 Å². The summed E-state index contributed by atoms with van der Waals surface area (Å²) in [6, 6.07) is 11.9. The first kappa shape index (κ1) is 17.3. The zero-order chi connectivity index (χ0) is 18.9. The number of carbonyl (C=O) groups is 1. The maximum atomic E-state index is 12.5. The molecule has 0 aliphatic carbocycles. The maximum absolute atomic E-state index is 12.5. The molecule has 0 saturated heterocycles. The van der Waals surface area contributed by atoms with Gasteiger partial charge in [-0.1, -0.05) is 24.3 Å². The van der Waals surface area contributed by atoms with E-state index in [1.807, 2.05) is 0 Å². The SMILES string of the molecule is [C-]#[N+]/C(C(=O)Nc1ccc(S(=O)(=O)O)cc1)=C1/N=C(N)c2ccccc21. The summed E-state index contributed by atoms with van der Waals surface area (Å²) in [5.41, 5.74) is 7.28. The number of nitrogens with one attached hydrogen (secondary N) is 1. The molecule has 4 N–H and O–H groups in total. The molecule has 9 heteroatoms. The van der Waals surface area contributed by atoms with Gasteiger partial charge in [-0.2, -0.15) is 8.42 Å². The molecule has 0 aromatic heterocycles. The molecule has 0 bridgehead atoms. The molecule has 0 atom stereocenters. The Balaban J connectivity index is 1.93. The lowest BCUT2D eigenvalue weighted by Gasteiger charge is -2.07.